The Morgan fingerprint density at radius 1 is 0.972 bits per heavy atom. The molecule has 0 spiro atoms. The molecule has 1 aromatic heterocycles. The Hall–Kier alpha value is -3.48. The van der Waals surface area contributed by atoms with Crippen LogP contribution in [0.1, 0.15) is 29.5 Å². The van der Waals surface area contributed by atoms with E-state index < -0.39 is 0 Å². The molecule has 1 aliphatic rings. The third kappa shape index (κ3) is 6.01. The first-order valence-electron chi connectivity index (χ1n) is 12.4. The highest BCUT2D eigenvalue weighted by atomic mass is 35.5. The van der Waals surface area contributed by atoms with Gasteiger partial charge in [0, 0.05) is 30.1 Å². The Balaban J connectivity index is 1.13. The van der Waals surface area contributed by atoms with Gasteiger partial charge in [-0.1, -0.05) is 54.1 Å². The van der Waals surface area contributed by atoms with Crippen molar-refractivity contribution in [2.24, 2.45) is 5.92 Å². The lowest BCUT2D eigenvalue weighted by atomic mass is 9.95. The van der Waals surface area contributed by atoms with Crippen molar-refractivity contribution in [2.75, 3.05) is 23.7 Å². The fourth-order valence-electron chi connectivity index (χ4n) is 4.68. The second-order valence-electron chi connectivity index (χ2n) is 9.44. The summed E-state index contributed by atoms with van der Waals surface area (Å²) in [6, 6.07) is 24.5. The normalized spacial score (nSPS) is 14.6. The standard InChI is InChI=1S/C29H30ClN5O/c1-20-7-12-26-25(17-20)27(34-29(30)33-26)31-18-21-8-10-24(11-9-21)32-28(36)23-13-15-35(16-14-23)19-22-5-3-2-4-6-22/h2-12,17,23H,13-16,18-19H2,1H3,(H,32,36)(H,31,33,34). The SMILES string of the molecule is Cc1ccc2nc(Cl)nc(NCc3ccc(NC(=O)C4CCN(Cc5ccccc5)CC4)cc3)c2c1. The number of hydrogen-bond acceptors (Lipinski definition) is 5. The maximum absolute atomic E-state index is 12.8. The highest BCUT2D eigenvalue weighted by Gasteiger charge is 2.25. The summed E-state index contributed by atoms with van der Waals surface area (Å²) >= 11 is 6.12. The Morgan fingerprint density at radius 3 is 2.47 bits per heavy atom. The fourth-order valence-corrected chi connectivity index (χ4v) is 4.86. The first-order valence-corrected chi connectivity index (χ1v) is 12.8. The number of nitrogens with zero attached hydrogens (tertiary/aromatic N) is 3. The number of likely N-dealkylation sites (tertiary alicyclic amines) is 1. The molecular formula is C29H30ClN5O. The smallest absolute Gasteiger partial charge is 0.227 e. The summed E-state index contributed by atoms with van der Waals surface area (Å²) in [7, 11) is 0. The lowest BCUT2D eigenvalue weighted by Gasteiger charge is -2.31. The van der Waals surface area contributed by atoms with Gasteiger partial charge in [0.25, 0.3) is 0 Å². The largest absolute Gasteiger partial charge is 0.365 e. The van der Waals surface area contributed by atoms with Gasteiger partial charge < -0.3 is 10.6 Å². The van der Waals surface area contributed by atoms with Gasteiger partial charge in [0.05, 0.1) is 5.52 Å². The van der Waals surface area contributed by atoms with Crippen molar-refractivity contribution in [3.63, 3.8) is 0 Å². The number of fused-ring (bicyclic) bond motifs is 1. The Labute approximate surface area is 216 Å². The van der Waals surface area contributed by atoms with E-state index in [0.29, 0.717) is 12.4 Å². The molecule has 1 aliphatic heterocycles. The number of carbonyl (C=O) groups is 1. The number of benzene rings is 3. The van der Waals surface area contributed by atoms with Crippen molar-refractivity contribution < 1.29 is 4.79 Å². The lowest BCUT2D eigenvalue weighted by molar-refractivity contribution is -0.121. The van der Waals surface area contributed by atoms with Crippen molar-refractivity contribution >= 4 is 39.9 Å². The number of hydrogen-bond donors (Lipinski definition) is 2. The van der Waals surface area contributed by atoms with E-state index in [2.05, 4.69) is 55.8 Å². The summed E-state index contributed by atoms with van der Waals surface area (Å²) in [5.74, 6) is 0.875. The monoisotopic (exact) mass is 499 g/mol. The number of aryl methyl sites for hydroxylation is 1. The third-order valence-corrected chi connectivity index (χ3v) is 6.88. The van der Waals surface area contributed by atoms with Gasteiger partial charge in [-0.25, -0.2) is 9.97 Å². The van der Waals surface area contributed by atoms with E-state index in [1.54, 1.807) is 0 Å². The molecule has 0 atom stereocenters. The maximum Gasteiger partial charge on any atom is 0.227 e. The summed E-state index contributed by atoms with van der Waals surface area (Å²) in [4.78, 5) is 24.0. The molecule has 0 saturated carbocycles. The van der Waals surface area contributed by atoms with Crippen molar-refractivity contribution in [1.29, 1.82) is 0 Å². The Bertz CT molecular complexity index is 1340. The molecule has 0 bridgehead atoms. The van der Waals surface area contributed by atoms with Gasteiger partial charge in [-0.3, -0.25) is 9.69 Å². The average molecular weight is 500 g/mol. The molecule has 36 heavy (non-hydrogen) atoms. The highest BCUT2D eigenvalue weighted by molar-refractivity contribution is 6.28. The van der Waals surface area contributed by atoms with Gasteiger partial charge in [-0.15, -0.1) is 0 Å². The zero-order valence-electron chi connectivity index (χ0n) is 20.4. The topological polar surface area (TPSA) is 70.1 Å². The van der Waals surface area contributed by atoms with Crippen LogP contribution < -0.4 is 10.6 Å². The van der Waals surface area contributed by atoms with Crippen LogP contribution in [-0.2, 0) is 17.9 Å². The molecule has 6 nitrogen and oxygen atoms in total. The number of rotatable bonds is 7. The van der Waals surface area contributed by atoms with Gasteiger partial charge in [-0.05, 0) is 79.8 Å². The molecule has 1 fully saturated rings. The Morgan fingerprint density at radius 2 is 1.72 bits per heavy atom. The zero-order chi connectivity index (χ0) is 24.9. The van der Waals surface area contributed by atoms with E-state index >= 15 is 0 Å². The molecule has 1 amide bonds. The molecule has 0 unspecified atom stereocenters. The molecule has 184 valence electrons. The minimum Gasteiger partial charge on any atom is -0.365 e. The summed E-state index contributed by atoms with van der Waals surface area (Å²) in [5.41, 5.74) is 5.17. The lowest BCUT2D eigenvalue weighted by Crippen LogP contribution is -2.37. The van der Waals surface area contributed by atoms with E-state index in [-0.39, 0.29) is 17.1 Å². The summed E-state index contributed by atoms with van der Waals surface area (Å²) in [6.07, 6.45) is 1.77. The minimum atomic E-state index is 0.0533. The molecule has 2 heterocycles. The molecule has 7 heteroatoms. The maximum atomic E-state index is 12.8. The van der Waals surface area contributed by atoms with Gasteiger partial charge in [0.1, 0.15) is 5.82 Å². The van der Waals surface area contributed by atoms with Crippen LogP contribution in [0.15, 0.2) is 72.8 Å². The van der Waals surface area contributed by atoms with Gasteiger partial charge >= 0.3 is 0 Å². The van der Waals surface area contributed by atoms with Crippen LogP contribution in [0.4, 0.5) is 11.5 Å². The van der Waals surface area contributed by atoms with Crippen LogP contribution in [0.5, 0.6) is 0 Å². The molecular weight excluding hydrogens is 470 g/mol. The van der Waals surface area contributed by atoms with Crippen LogP contribution in [0.2, 0.25) is 5.28 Å². The van der Waals surface area contributed by atoms with Crippen LogP contribution in [0.25, 0.3) is 10.9 Å². The first kappa shape index (κ1) is 24.2. The zero-order valence-corrected chi connectivity index (χ0v) is 21.1. The fraction of sp³-hybridized carbons (Fsp3) is 0.276. The predicted octanol–water partition coefficient (Wildman–Crippen LogP) is 6.05. The number of nitrogens with one attached hydrogen (secondary N) is 2. The van der Waals surface area contributed by atoms with E-state index in [0.717, 1.165) is 60.2 Å². The predicted molar refractivity (Wildman–Crippen MR) is 146 cm³/mol. The van der Waals surface area contributed by atoms with Gasteiger partial charge in [0.2, 0.25) is 11.2 Å². The van der Waals surface area contributed by atoms with Crippen molar-refractivity contribution in [3.8, 4) is 0 Å². The summed E-state index contributed by atoms with van der Waals surface area (Å²) < 4.78 is 0. The quantitative estimate of drug-likeness (QED) is 0.303. The van der Waals surface area contributed by atoms with E-state index in [1.807, 2.05) is 49.4 Å². The minimum absolute atomic E-state index is 0.0533. The van der Waals surface area contributed by atoms with Crippen LogP contribution in [-0.4, -0.2) is 33.9 Å². The number of aromatic nitrogens is 2. The van der Waals surface area contributed by atoms with Crippen molar-refractivity contribution in [3.05, 3.63) is 94.8 Å². The summed E-state index contributed by atoms with van der Waals surface area (Å²) in [5, 5.41) is 7.64. The number of piperidine rings is 1. The average Bonchev–Trinajstić information content (AvgIpc) is 2.89. The summed E-state index contributed by atoms with van der Waals surface area (Å²) in [6.45, 7) is 5.46. The van der Waals surface area contributed by atoms with Gasteiger partial charge in [-0.2, -0.15) is 0 Å². The van der Waals surface area contributed by atoms with Crippen LogP contribution >= 0.6 is 11.6 Å². The molecule has 3 aromatic carbocycles. The van der Waals surface area contributed by atoms with Crippen molar-refractivity contribution in [1.82, 2.24) is 14.9 Å². The second-order valence-corrected chi connectivity index (χ2v) is 9.78. The highest BCUT2D eigenvalue weighted by Crippen LogP contribution is 2.25. The molecule has 4 aromatic rings. The number of anilines is 2. The van der Waals surface area contributed by atoms with Crippen LogP contribution in [0, 0.1) is 12.8 Å². The molecule has 5 rings (SSSR count). The molecule has 1 saturated heterocycles. The van der Waals surface area contributed by atoms with E-state index in [1.165, 1.54) is 5.56 Å². The van der Waals surface area contributed by atoms with Gasteiger partial charge in [0.15, 0.2) is 0 Å². The molecule has 2 N–H and O–H groups in total. The Kier molecular flexibility index (Phi) is 7.44. The molecule has 0 radical (unpaired) electrons. The number of amides is 1. The van der Waals surface area contributed by atoms with Crippen LogP contribution in [0.3, 0.4) is 0 Å². The van der Waals surface area contributed by atoms with Crippen molar-refractivity contribution in [2.45, 2.75) is 32.9 Å². The number of halogens is 1. The van der Waals surface area contributed by atoms with E-state index in [4.69, 9.17) is 11.6 Å². The molecule has 0 aliphatic carbocycles. The first-order chi connectivity index (χ1) is 17.5. The third-order valence-electron chi connectivity index (χ3n) is 6.71. The number of carbonyl (C=O) groups excluding carboxylic acids is 1. The van der Waals surface area contributed by atoms with E-state index in [9.17, 15) is 4.79 Å². The second kappa shape index (κ2) is 11.1.